The Morgan fingerprint density at radius 3 is 2.12 bits per heavy atom. The number of carboxylic acid groups (broad SMARTS) is 1. The van der Waals surface area contributed by atoms with Gasteiger partial charge < -0.3 is 5.11 Å². The predicted octanol–water partition coefficient (Wildman–Crippen LogP) is 1.54. The minimum atomic E-state index is -1.00. The Bertz CT molecular complexity index is 467. The lowest BCUT2D eigenvalue weighted by Gasteiger charge is -2.11. The zero-order valence-corrected chi connectivity index (χ0v) is 9.57. The van der Waals surface area contributed by atoms with Gasteiger partial charge in [0.25, 0.3) is 0 Å². The average molecular weight is 251 g/mol. The summed E-state index contributed by atoms with van der Waals surface area (Å²) in [6, 6.07) is 6.03. The van der Waals surface area contributed by atoms with Crippen LogP contribution in [-0.4, -0.2) is 27.2 Å². The number of hydrogen-bond donors (Lipinski definition) is 1. The Morgan fingerprint density at radius 1 is 1.12 bits per heavy atom. The first kappa shape index (κ1) is 11.7. The van der Waals surface area contributed by atoms with Crippen LogP contribution in [0.1, 0.15) is 23.2 Å². The summed E-state index contributed by atoms with van der Waals surface area (Å²) in [7, 11) is 0. The van der Waals surface area contributed by atoms with Gasteiger partial charge in [0.1, 0.15) is 0 Å². The molecule has 1 fully saturated rings. The number of aromatic carboxylic acids is 1. The van der Waals surface area contributed by atoms with E-state index in [1.54, 1.807) is 12.1 Å². The van der Waals surface area contributed by atoms with E-state index in [2.05, 4.69) is 0 Å². The van der Waals surface area contributed by atoms with E-state index < -0.39 is 5.97 Å². The van der Waals surface area contributed by atoms with Crippen molar-refractivity contribution in [3.63, 3.8) is 0 Å². The van der Waals surface area contributed by atoms with Crippen LogP contribution in [0.5, 0.6) is 0 Å². The number of carboxylic acids is 1. The highest BCUT2D eigenvalue weighted by atomic mass is 32.2. The summed E-state index contributed by atoms with van der Waals surface area (Å²) in [4.78, 5) is 34.0. The van der Waals surface area contributed by atoms with Gasteiger partial charge in [-0.05, 0) is 36.2 Å². The summed E-state index contributed by atoms with van der Waals surface area (Å²) in [5.74, 6) is -1.42. The van der Waals surface area contributed by atoms with Crippen LogP contribution in [0, 0.1) is 0 Å². The highest BCUT2D eigenvalue weighted by Crippen LogP contribution is 2.28. The molecule has 1 heterocycles. The van der Waals surface area contributed by atoms with Crippen molar-refractivity contribution < 1.29 is 19.5 Å². The van der Waals surface area contributed by atoms with E-state index in [0.717, 1.165) is 16.3 Å². The number of benzene rings is 1. The summed E-state index contributed by atoms with van der Waals surface area (Å²) in [6.07, 6.45) is 0.498. The fraction of sp³-hybridized carbons (Fsp3) is 0.182. The molecule has 2 rings (SSSR count). The molecule has 0 spiro atoms. The third-order valence-electron chi connectivity index (χ3n) is 2.30. The van der Waals surface area contributed by atoms with E-state index in [9.17, 15) is 14.4 Å². The van der Waals surface area contributed by atoms with E-state index in [-0.39, 0.29) is 30.2 Å². The number of amides is 2. The predicted molar refractivity (Wildman–Crippen MR) is 60.3 cm³/mol. The number of carbonyl (C=O) groups excluding carboxylic acids is 2. The van der Waals surface area contributed by atoms with Crippen LogP contribution in [-0.2, 0) is 9.59 Å². The molecular formula is C11H9NO4S. The summed E-state index contributed by atoms with van der Waals surface area (Å²) in [5.41, 5.74) is 0.174. The fourth-order valence-electron chi connectivity index (χ4n) is 1.42. The molecule has 1 aliphatic rings. The first-order valence-electron chi connectivity index (χ1n) is 4.95. The number of nitrogens with zero attached hydrogens (tertiary/aromatic N) is 1. The molecule has 1 saturated heterocycles. The van der Waals surface area contributed by atoms with Crippen LogP contribution in [0.4, 0.5) is 0 Å². The highest BCUT2D eigenvalue weighted by molar-refractivity contribution is 7.98. The SMILES string of the molecule is O=C(O)c1ccc(SN2C(=O)CCC2=O)cc1. The van der Waals surface area contributed by atoms with Crippen LogP contribution in [0.2, 0.25) is 0 Å². The number of rotatable bonds is 3. The van der Waals surface area contributed by atoms with Gasteiger partial charge in [0.15, 0.2) is 0 Å². The van der Waals surface area contributed by atoms with Crippen molar-refractivity contribution in [2.24, 2.45) is 0 Å². The summed E-state index contributed by atoms with van der Waals surface area (Å²) in [5, 5.41) is 8.72. The summed E-state index contributed by atoms with van der Waals surface area (Å²) >= 11 is 1.03. The smallest absolute Gasteiger partial charge is 0.335 e. The maximum atomic E-state index is 11.4. The van der Waals surface area contributed by atoms with Gasteiger partial charge in [-0.2, -0.15) is 0 Å². The second kappa shape index (κ2) is 4.58. The Morgan fingerprint density at radius 2 is 1.65 bits per heavy atom. The Labute approximate surface area is 102 Å². The standard InChI is InChI=1S/C11H9NO4S/c13-9-5-6-10(14)12(9)17-8-3-1-7(2-4-8)11(15)16/h1-4H,5-6H2,(H,15,16). The molecule has 1 aliphatic heterocycles. The quantitative estimate of drug-likeness (QED) is 0.651. The molecule has 0 bridgehead atoms. The maximum Gasteiger partial charge on any atom is 0.335 e. The molecule has 2 amide bonds. The Hall–Kier alpha value is -1.82. The number of hydrogen-bond acceptors (Lipinski definition) is 4. The summed E-state index contributed by atoms with van der Waals surface area (Å²) in [6.45, 7) is 0. The van der Waals surface area contributed by atoms with Crippen LogP contribution in [0.25, 0.3) is 0 Å². The molecule has 0 aromatic heterocycles. The topological polar surface area (TPSA) is 74.7 Å². The van der Waals surface area contributed by atoms with Crippen molar-refractivity contribution in [3.05, 3.63) is 29.8 Å². The van der Waals surface area contributed by atoms with Crippen molar-refractivity contribution in [2.75, 3.05) is 0 Å². The molecule has 0 saturated carbocycles. The van der Waals surface area contributed by atoms with Gasteiger partial charge in [0.2, 0.25) is 11.8 Å². The minimum Gasteiger partial charge on any atom is -0.478 e. The molecular weight excluding hydrogens is 242 g/mol. The van der Waals surface area contributed by atoms with Gasteiger partial charge in [-0.25, -0.2) is 9.10 Å². The van der Waals surface area contributed by atoms with Crippen LogP contribution < -0.4 is 0 Å². The van der Waals surface area contributed by atoms with Crippen LogP contribution in [0.15, 0.2) is 29.2 Å². The zero-order valence-electron chi connectivity index (χ0n) is 8.75. The molecule has 0 radical (unpaired) electrons. The fourth-order valence-corrected chi connectivity index (χ4v) is 2.28. The van der Waals surface area contributed by atoms with Gasteiger partial charge in [0.05, 0.1) is 5.56 Å². The molecule has 1 aromatic carbocycles. The molecule has 1 aromatic rings. The van der Waals surface area contributed by atoms with Crippen molar-refractivity contribution >= 4 is 29.7 Å². The number of carbonyl (C=O) groups is 3. The molecule has 6 heteroatoms. The molecule has 17 heavy (non-hydrogen) atoms. The van der Waals surface area contributed by atoms with E-state index >= 15 is 0 Å². The lowest BCUT2D eigenvalue weighted by molar-refractivity contribution is -0.131. The summed E-state index contributed by atoms with van der Waals surface area (Å²) < 4.78 is 1.12. The second-order valence-electron chi connectivity index (χ2n) is 3.50. The van der Waals surface area contributed by atoms with E-state index in [0.29, 0.717) is 4.90 Å². The Kier molecular flexibility index (Phi) is 3.14. The van der Waals surface area contributed by atoms with Gasteiger partial charge in [-0.1, -0.05) is 0 Å². The van der Waals surface area contributed by atoms with Gasteiger partial charge in [-0.15, -0.1) is 0 Å². The largest absolute Gasteiger partial charge is 0.478 e. The van der Waals surface area contributed by atoms with Gasteiger partial charge in [-0.3, -0.25) is 9.59 Å². The lowest BCUT2D eigenvalue weighted by atomic mass is 10.2. The molecule has 1 N–H and O–H groups in total. The van der Waals surface area contributed by atoms with Crippen molar-refractivity contribution in [3.8, 4) is 0 Å². The lowest BCUT2D eigenvalue weighted by Crippen LogP contribution is -2.20. The zero-order chi connectivity index (χ0) is 12.4. The normalized spacial score (nSPS) is 15.4. The molecule has 5 nitrogen and oxygen atoms in total. The molecule has 0 aliphatic carbocycles. The monoisotopic (exact) mass is 251 g/mol. The Balaban J connectivity index is 2.11. The van der Waals surface area contributed by atoms with Crippen molar-refractivity contribution in [1.82, 2.24) is 4.31 Å². The molecule has 0 unspecified atom stereocenters. The second-order valence-corrected chi connectivity index (χ2v) is 4.52. The van der Waals surface area contributed by atoms with Gasteiger partial charge >= 0.3 is 5.97 Å². The number of imide groups is 1. The molecule has 0 atom stereocenters. The van der Waals surface area contributed by atoms with Gasteiger partial charge in [0, 0.05) is 17.7 Å². The highest BCUT2D eigenvalue weighted by Gasteiger charge is 2.29. The third-order valence-corrected chi connectivity index (χ3v) is 3.38. The third kappa shape index (κ3) is 2.47. The van der Waals surface area contributed by atoms with Crippen LogP contribution in [0.3, 0.4) is 0 Å². The minimum absolute atomic E-state index is 0.174. The van der Waals surface area contributed by atoms with E-state index in [1.807, 2.05) is 0 Å². The molecule has 88 valence electrons. The maximum absolute atomic E-state index is 11.4. The van der Waals surface area contributed by atoms with Crippen molar-refractivity contribution in [1.29, 1.82) is 0 Å². The van der Waals surface area contributed by atoms with Crippen LogP contribution >= 0.6 is 11.9 Å². The average Bonchev–Trinajstić information content (AvgIpc) is 2.61. The van der Waals surface area contributed by atoms with Crippen molar-refractivity contribution in [2.45, 2.75) is 17.7 Å². The first-order chi connectivity index (χ1) is 8.08. The van der Waals surface area contributed by atoms with E-state index in [4.69, 9.17) is 5.11 Å². The first-order valence-corrected chi connectivity index (χ1v) is 5.72. The van der Waals surface area contributed by atoms with E-state index in [1.165, 1.54) is 12.1 Å².